The van der Waals surface area contributed by atoms with Gasteiger partial charge in [-0.05, 0) is 32.9 Å². The SMILES string of the molecule is COC(=O)C1Cc2c(OC)cccc2N1C(=O)OC(C)(C)C. The average Bonchev–Trinajstić information content (AvgIpc) is 2.83. The molecule has 0 aliphatic carbocycles. The highest BCUT2D eigenvalue weighted by Crippen LogP contribution is 2.39. The normalized spacial score (nSPS) is 17.0. The predicted molar refractivity (Wildman–Crippen MR) is 81.2 cm³/mol. The van der Waals surface area contributed by atoms with Crippen LogP contribution in [0.3, 0.4) is 0 Å². The molecule has 1 heterocycles. The summed E-state index contributed by atoms with van der Waals surface area (Å²) < 4.78 is 15.6. The molecule has 1 aliphatic rings. The first-order valence-electron chi connectivity index (χ1n) is 7.04. The van der Waals surface area contributed by atoms with Crippen molar-refractivity contribution in [3.05, 3.63) is 23.8 Å². The third-order valence-electron chi connectivity index (χ3n) is 3.36. The molecule has 1 aliphatic heterocycles. The van der Waals surface area contributed by atoms with E-state index in [9.17, 15) is 9.59 Å². The molecule has 0 saturated heterocycles. The number of hydrogen-bond donors (Lipinski definition) is 0. The third kappa shape index (κ3) is 3.00. The molecule has 120 valence electrons. The van der Waals surface area contributed by atoms with E-state index in [0.717, 1.165) is 5.56 Å². The van der Waals surface area contributed by atoms with Crippen molar-refractivity contribution in [2.45, 2.75) is 38.8 Å². The molecular formula is C16H21NO5. The molecule has 0 radical (unpaired) electrons. The van der Waals surface area contributed by atoms with Crippen LogP contribution >= 0.6 is 0 Å². The van der Waals surface area contributed by atoms with Crippen LogP contribution in [0.4, 0.5) is 10.5 Å². The predicted octanol–water partition coefficient (Wildman–Crippen LogP) is 2.53. The summed E-state index contributed by atoms with van der Waals surface area (Å²) >= 11 is 0. The van der Waals surface area contributed by atoms with Gasteiger partial charge in [-0.1, -0.05) is 6.07 Å². The van der Waals surface area contributed by atoms with E-state index in [1.54, 1.807) is 46.1 Å². The summed E-state index contributed by atoms with van der Waals surface area (Å²) in [6, 6.07) is 4.59. The molecule has 22 heavy (non-hydrogen) atoms. The molecule has 0 N–H and O–H groups in total. The Morgan fingerprint density at radius 2 is 1.91 bits per heavy atom. The van der Waals surface area contributed by atoms with Gasteiger partial charge in [0.2, 0.25) is 0 Å². The van der Waals surface area contributed by atoms with Crippen molar-refractivity contribution in [1.29, 1.82) is 0 Å². The van der Waals surface area contributed by atoms with Crippen molar-refractivity contribution >= 4 is 17.7 Å². The minimum absolute atomic E-state index is 0.339. The second-order valence-corrected chi connectivity index (χ2v) is 6.05. The van der Waals surface area contributed by atoms with Crippen LogP contribution in [0.5, 0.6) is 5.75 Å². The Hall–Kier alpha value is -2.24. The van der Waals surface area contributed by atoms with Gasteiger partial charge >= 0.3 is 12.1 Å². The van der Waals surface area contributed by atoms with Gasteiger partial charge in [0.1, 0.15) is 17.4 Å². The molecule has 0 spiro atoms. The number of rotatable bonds is 2. The van der Waals surface area contributed by atoms with Crippen molar-refractivity contribution in [2.24, 2.45) is 0 Å². The number of fused-ring (bicyclic) bond motifs is 1. The number of anilines is 1. The van der Waals surface area contributed by atoms with Crippen molar-refractivity contribution in [2.75, 3.05) is 19.1 Å². The average molecular weight is 307 g/mol. The first-order valence-corrected chi connectivity index (χ1v) is 7.04. The van der Waals surface area contributed by atoms with E-state index in [4.69, 9.17) is 14.2 Å². The first-order chi connectivity index (χ1) is 10.3. The van der Waals surface area contributed by atoms with Crippen LogP contribution in [0.15, 0.2) is 18.2 Å². The highest BCUT2D eigenvalue weighted by Gasteiger charge is 2.42. The molecule has 0 saturated carbocycles. The molecule has 6 nitrogen and oxygen atoms in total. The lowest BCUT2D eigenvalue weighted by atomic mass is 10.1. The maximum Gasteiger partial charge on any atom is 0.415 e. The Morgan fingerprint density at radius 1 is 1.23 bits per heavy atom. The third-order valence-corrected chi connectivity index (χ3v) is 3.36. The highest BCUT2D eigenvalue weighted by atomic mass is 16.6. The molecule has 1 atom stereocenters. The van der Waals surface area contributed by atoms with E-state index < -0.39 is 23.7 Å². The van der Waals surface area contributed by atoms with Gasteiger partial charge < -0.3 is 14.2 Å². The van der Waals surface area contributed by atoms with Gasteiger partial charge in [-0.2, -0.15) is 0 Å². The van der Waals surface area contributed by atoms with Crippen molar-refractivity contribution in [3.8, 4) is 5.75 Å². The Balaban J connectivity index is 2.43. The van der Waals surface area contributed by atoms with E-state index in [-0.39, 0.29) is 0 Å². The first kappa shape index (κ1) is 16.1. The quantitative estimate of drug-likeness (QED) is 0.786. The molecule has 2 rings (SSSR count). The van der Waals surface area contributed by atoms with E-state index >= 15 is 0 Å². The lowest BCUT2D eigenvalue weighted by molar-refractivity contribution is -0.142. The topological polar surface area (TPSA) is 65.1 Å². The monoisotopic (exact) mass is 307 g/mol. The fourth-order valence-electron chi connectivity index (χ4n) is 2.49. The molecule has 1 amide bonds. The lowest BCUT2D eigenvalue weighted by Crippen LogP contribution is -2.45. The van der Waals surface area contributed by atoms with Gasteiger partial charge in [0.05, 0.1) is 19.9 Å². The molecule has 1 aromatic carbocycles. The van der Waals surface area contributed by atoms with E-state index in [0.29, 0.717) is 17.9 Å². The fraction of sp³-hybridized carbons (Fsp3) is 0.500. The highest BCUT2D eigenvalue weighted by molar-refractivity contribution is 5.99. The van der Waals surface area contributed by atoms with Crippen LogP contribution in [-0.4, -0.2) is 37.9 Å². The zero-order valence-corrected chi connectivity index (χ0v) is 13.5. The van der Waals surface area contributed by atoms with Crippen LogP contribution in [0.1, 0.15) is 26.3 Å². The summed E-state index contributed by atoms with van der Waals surface area (Å²) in [6.07, 6.45) is -0.236. The van der Waals surface area contributed by atoms with E-state index in [2.05, 4.69) is 0 Å². The van der Waals surface area contributed by atoms with Crippen molar-refractivity contribution in [1.82, 2.24) is 0 Å². The van der Waals surface area contributed by atoms with Crippen LogP contribution in [-0.2, 0) is 20.7 Å². The maximum absolute atomic E-state index is 12.5. The van der Waals surface area contributed by atoms with Crippen LogP contribution in [0, 0.1) is 0 Å². The standard InChI is InChI=1S/C16H21NO5/c1-16(2,3)22-15(19)17-11-7-6-8-13(20-4)10(11)9-12(17)14(18)21-5/h6-8,12H,9H2,1-5H3. The van der Waals surface area contributed by atoms with Gasteiger partial charge in [-0.25, -0.2) is 9.59 Å². The number of esters is 1. The molecule has 1 unspecified atom stereocenters. The Morgan fingerprint density at radius 3 is 2.45 bits per heavy atom. The van der Waals surface area contributed by atoms with Crippen LogP contribution in [0.2, 0.25) is 0 Å². The largest absolute Gasteiger partial charge is 0.496 e. The summed E-state index contributed by atoms with van der Waals surface area (Å²) in [5, 5.41) is 0. The molecule has 0 aromatic heterocycles. The van der Waals surface area contributed by atoms with Gasteiger partial charge in [0, 0.05) is 12.0 Å². The number of hydrogen-bond acceptors (Lipinski definition) is 5. The van der Waals surface area contributed by atoms with Gasteiger partial charge in [-0.3, -0.25) is 4.90 Å². The second kappa shape index (κ2) is 5.87. The minimum atomic E-state index is -0.744. The van der Waals surface area contributed by atoms with E-state index in [1.165, 1.54) is 12.0 Å². The zero-order valence-electron chi connectivity index (χ0n) is 13.5. The van der Waals surface area contributed by atoms with Crippen LogP contribution < -0.4 is 9.64 Å². The summed E-state index contributed by atoms with van der Waals surface area (Å²) in [4.78, 5) is 25.9. The smallest absolute Gasteiger partial charge is 0.415 e. The molecule has 0 fully saturated rings. The minimum Gasteiger partial charge on any atom is -0.496 e. The van der Waals surface area contributed by atoms with Gasteiger partial charge in [0.15, 0.2) is 0 Å². The lowest BCUT2D eigenvalue weighted by Gasteiger charge is -2.27. The summed E-state index contributed by atoms with van der Waals surface area (Å²) in [6.45, 7) is 5.34. The number of benzene rings is 1. The number of carbonyl (C=O) groups excluding carboxylic acids is 2. The van der Waals surface area contributed by atoms with Crippen LogP contribution in [0.25, 0.3) is 0 Å². The zero-order chi connectivity index (χ0) is 16.5. The van der Waals surface area contributed by atoms with Gasteiger partial charge in [-0.15, -0.1) is 0 Å². The number of ether oxygens (including phenoxy) is 3. The van der Waals surface area contributed by atoms with Crippen molar-refractivity contribution < 1.29 is 23.8 Å². The molecule has 0 bridgehead atoms. The Labute approximate surface area is 129 Å². The number of amides is 1. The molecule has 6 heteroatoms. The number of methoxy groups -OCH3 is 2. The van der Waals surface area contributed by atoms with E-state index in [1.807, 2.05) is 0 Å². The second-order valence-electron chi connectivity index (χ2n) is 6.05. The Bertz CT molecular complexity index is 591. The molecular weight excluding hydrogens is 286 g/mol. The fourth-order valence-corrected chi connectivity index (χ4v) is 2.49. The summed E-state index contributed by atoms with van der Waals surface area (Å²) in [7, 11) is 2.86. The number of carbonyl (C=O) groups is 2. The number of nitrogens with zero attached hydrogens (tertiary/aromatic N) is 1. The Kier molecular flexibility index (Phi) is 4.30. The summed E-state index contributed by atoms with van der Waals surface area (Å²) in [5.41, 5.74) is 0.759. The summed E-state index contributed by atoms with van der Waals surface area (Å²) in [5.74, 6) is 0.154. The van der Waals surface area contributed by atoms with Crippen molar-refractivity contribution in [3.63, 3.8) is 0 Å². The van der Waals surface area contributed by atoms with Gasteiger partial charge in [0.25, 0.3) is 0 Å². The maximum atomic E-state index is 12.5. The molecule has 1 aromatic rings.